The summed E-state index contributed by atoms with van der Waals surface area (Å²) >= 11 is 1.03. The van der Waals surface area contributed by atoms with Crippen LogP contribution in [0.1, 0.15) is 11.1 Å². The summed E-state index contributed by atoms with van der Waals surface area (Å²) in [5, 5.41) is 9.42. The highest BCUT2D eigenvalue weighted by Crippen LogP contribution is 2.34. The fourth-order valence-electron chi connectivity index (χ4n) is 2.31. The van der Waals surface area contributed by atoms with Gasteiger partial charge >= 0.3 is 6.18 Å². The smallest absolute Gasteiger partial charge is 0.325 e. The molecule has 0 fully saturated rings. The summed E-state index contributed by atoms with van der Waals surface area (Å²) in [4.78, 5) is 16.3. The van der Waals surface area contributed by atoms with Gasteiger partial charge in [-0.05, 0) is 19.1 Å². The second kappa shape index (κ2) is 7.83. The quantitative estimate of drug-likeness (QED) is 0.626. The van der Waals surface area contributed by atoms with Gasteiger partial charge in [-0.1, -0.05) is 53.7 Å². The third kappa shape index (κ3) is 4.88. The summed E-state index contributed by atoms with van der Waals surface area (Å²) < 4.78 is 38.9. The number of nitrogens with one attached hydrogen (secondary N) is 2. The van der Waals surface area contributed by atoms with E-state index in [2.05, 4.69) is 20.5 Å². The molecule has 3 rings (SSSR count). The number of hydrogen-bond donors (Lipinski definition) is 2. The molecule has 1 heterocycles. The van der Waals surface area contributed by atoms with Gasteiger partial charge in [-0.3, -0.25) is 9.89 Å². The van der Waals surface area contributed by atoms with Crippen LogP contribution >= 0.6 is 11.8 Å². The summed E-state index contributed by atoms with van der Waals surface area (Å²) in [6, 6.07) is 12.5. The predicted octanol–water partition coefficient (Wildman–Crippen LogP) is 4.53. The van der Waals surface area contributed by atoms with Gasteiger partial charge in [-0.15, -0.1) is 5.10 Å². The average molecular weight is 392 g/mol. The van der Waals surface area contributed by atoms with Crippen molar-refractivity contribution in [2.24, 2.45) is 0 Å². The van der Waals surface area contributed by atoms with Crippen molar-refractivity contribution in [2.75, 3.05) is 11.1 Å². The normalized spacial score (nSPS) is 11.4. The van der Waals surface area contributed by atoms with Crippen LogP contribution in [0.3, 0.4) is 0 Å². The number of aromatic nitrogens is 3. The van der Waals surface area contributed by atoms with Gasteiger partial charge in [0.2, 0.25) is 11.1 Å². The van der Waals surface area contributed by atoms with E-state index in [1.807, 2.05) is 31.2 Å². The van der Waals surface area contributed by atoms with Crippen LogP contribution in [0.15, 0.2) is 53.7 Å². The number of hydrogen-bond acceptors (Lipinski definition) is 4. The second-order valence-corrected chi connectivity index (χ2v) is 6.66. The first-order valence-corrected chi connectivity index (χ1v) is 8.90. The fraction of sp³-hybridized carbons (Fsp3) is 0.167. The average Bonchev–Trinajstić information content (AvgIpc) is 3.09. The molecule has 0 saturated heterocycles. The highest BCUT2D eigenvalue weighted by atomic mass is 32.2. The van der Waals surface area contributed by atoms with Crippen molar-refractivity contribution in [2.45, 2.75) is 18.3 Å². The van der Waals surface area contributed by atoms with Crippen molar-refractivity contribution in [1.82, 2.24) is 15.2 Å². The lowest BCUT2D eigenvalue weighted by Gasteiger charge is -2.13. The van der Waals surface area contributed by atoms with E-state index in [9.17, 15) is 18.0 Å². The highest BCUT2D eigenvalue weighted by Gasteiger charge is 2.33. The number of nitrogens with zero attached hydrogens (tertiary/aromatic N) is 2. The van der Waals surface area contributed by atoms with E-state index in [0.29, 0.717) is 11.0 Å². The fourth-order valence-corrected chi connectivity index (χ4v) is 2.91. The molecule has 1 aromatic heterocycles. The summed E-state index contributed by atoms with van der Waals surface area (Å²) in [6.07, 6.45) is -4.54. The molecule has 0 aliphatic heterocycles. The van der Waals surface area contributed by atoms with Crippen LogP contribution in [0.4, 0.5) is 18.9 Å². The third-order valence-corrected chi connectivity index (χ3v) is 4.48. The number of thioether (sulfide) groups is 1. The van der Waals surface area contributed by atoms with Crippen molar-refractivity contribution in [3.63, 3.8) is 0 Å². The Morgan fingerprint density at radius 1 is 1.15 bits per heavy atom. The molecule has 2 aromatic carbocycles. The molecule has 3 aromatic rings. The molecule has 1 amide bonds. The van der Waals surface area contributed by atoms with Gasteiger partial charge in [-0.25, -0.2) is 4.98 Å². The maximum Gasteiger partial charge on any atom is 0.418 e. The van der Waals surface area contributed by atoms with Crippen molar-refractivity contribution in [3.05, 3.63) is 59.7 Å². The Kier molecular flexibility index (Phi) is 5.50. The molecule has 0 saturated carbocycles. The monoisotopic (exact) mass is 392 g/mol. The molecule has 5 nitrogen and oxygen atoms in total. The summed E-state index contributed by atoms with van der Waals surface area (Å²) in [7, 11) is 0. The SMILES string of the molecule is Cc1ccc(-c2nc(SCC(=O)Nc3ccccc3C(F)(F)F)n[nH]2)cc1. The molecular weight excluding hydrogens is 377 g/mol. The number of aromatic amines is 1. The lowest BCUT2D eigenvalue weighted by atomic mass is 10.1. The molecule has 0 aliphatic carbocycles. The van der Waals surface area contributed by atoms with Crippen LogP contribution in [0.2, 0.25) is 0 Å². The number of amides is 1. The molecular formula is C18H15F3N4OS. The van der Waals surface area contributed by atoms with E-state index in [1.54, 1.807) is 0 Å². The highest BCUT2D eigenvalue weighted by molar-refractivity contribution is 7.99. The van der Waals surface area contributed by atoms with Gasteiger partial charge in [0, 0.05) is 5.56 Å². The lowest BCUT2D eigenvalue weighted by molar-refractivity contribution is -0.137. The van der Waals surface area contributed by atoms with Gasteiger partial charge < -0.3 is 5.32 Å². The Labute approximate surface area is 157 Å². The lowest BCUT2D eigenvalue weighted by Crippen LogP contribution is -2.18. The predicted molar refractivity (Wildman–Crippen MR) is 97.4 cm³/mol. The topological polar surface area (TPSA) is 70.7 Å². The van der Waals surface area contributed by atoms with Crippen molar-refractivity contribution in [3.8, 4) is 11.4 Å². The van der Waals surface area contributed by atoms with Crippen LogP contribution in [0.25, 0.3) is 11.4 Å². The Morgan fingerprint density at radius 2 is 1.85 bits per heavy atom. The second-order valence-electron chi connectivity index (χ2n) is 5.71. The van der Waals surface area contributed by atoms with Gasteiger partial charge in [0.05, 0.1) is 17.0 Å². The first-order chi connectivity index (χ1) is 12.8. The zero-order chi connectivity index (χ0) is 19.4. The largest absolute Gasteiger partial charge is 0.418 e. The number of H-pyrrole nitrogens is 1. The molecule has 9 heteroatoms. The Morgan fingerprint density at radius 3 is 2.56 bits per heavy atom. The standard InChI is InChI=1S/C18H15F3N4OS/c1-11-6-8-12(9-7-11)16-23-17(25-24-16)27-10-15(26)22-14-5-3-2-4-13(14)18(19,20)21/h2-9H,10H2,1H3,(H,22,26)(H,23,24,25). The maximum absolute atomic E-state index is 13.0. The molecule has 0 bridgehead atoms. The van der Waals surface area contributed by atoms with Crippen LogP contribution < -0.4 is 5.32 Å². The van der Waals surface area contributed by atoms with Crippen LogP contribution in [-0.2, 0) is 11.0 Å². The van der Waals surface area contributed by atoms with Gasteiger partial charge in [0.15, 0.2) is 5.82 Å². The number of carbonyl (C=O) groups excluding carboxylic acids is 1. The van der Waals surface area contributed by atoms with Crippen LogP contribution in [0, 0.1) is 6.92 Å². The van der Waals surface area contributed by atoms with Gasteiger partial charge in [-0.2, -0.15) is 13.2 Å². The zero-order valence-corrected chi connectivity index (χ0v) is 15.0. The summed E-state index contributed by atoms with van der Waals surface area (Å²) in [6.45, 7) is 1.97. The number of rotatable bonds is 5. The number of benzene rings is 2. The van der Waals surface area contributed by atoms with Crippen molar-refractivity contribution in [1.29, 1.82) is 0 Å². The minimum absolute atomic E-state index is 0.114. The maximum atomic E-state index is 13.0. The van der Waals surface area contributed by atoms with E-state index in [1.165, 1.54) is 18.2 Å². The Bertz CT molecular complexity index is 938. The molecule has 140 valence electrons. The van der Waals surface area contributed by atoms with Crippen LogP contribution in [0.5, 0.6) is 0 Å². The Balaban J connectivity index is 1.61. The van der Waals surface area contributed by atoms with Crippen molar-refractivity contribution >= 4 is 23.4 Å². The minimum Gasteiger partial charge on any atom is -0.325 e. The number of halogens is 3. The summed E-state index contributed by atoms with van der Waals surface area (Å²) in [5.74, 6) is -0.129. The Hall–Kier alpha value is -2.81. The van der Waals surface area contributed by atoms with E-state index < -0.39 is 17.6 Å². The molecule has 2 N–H and O–H groups in total. The molecule has 0 aliphatic rings. The number of para-hydroxylation sites is 1. The number of aryl methyl sites for hydroxylation is 1. The summed E-state index contributed by atoms with van der Waals surface area (Å²) in [5.41, 5.74) is 0.806. The van der Waals surface area contributed by atoms with Crippen molar-refractivity contribution < 1.29 is 18.0 Å². The van der Waals surface area contributed by atoms with E-state index in [0.717, 1.165) is 29.0 Å². The first-order valence-electron chi connectivity index (χ1n) is 7.91. The number of alkyl halides is 3. The molecule has 0 radical (unpaired) electrons. The van der Waals surface area contributed by atoms with E-state index >= 15 is 0 Å². The zero-order valence-electron chi connectivity index (χ0n) is 14.2. The number of anilines is 1. The first kappa shape index (κ1) is 19.0. The van der Waals surface area contributed by atoms with Gasteiger partial charge in [0.25, 0.3) is 0 Å². The third-order valence-electron chi connectivity index (χ3n) is 3.63. The van der Waals surface area contributed by atoms with E-state index in [-0.39, 0.29) is 11.4 Å². The molecule has 0 unspecified atom stereocenters. The number of carbonyl (C=O) groups is 1. The van der Waals surface area contributed by atoms with Crippen LogP contribution in [-0.4, -0.2) is 26.8 Å². The molecule has 0 atom stereocenters. The molecule has 0 spiro atoms. The molecule has 27 heavy (non-hydrogen) atoms. The van der Waals surface area contributed by atoms with E-state index in [4.69, 9.17) is 0 Å². The van der Waals surface area contributed by atoms with Gasteiger partial charge in [0.1, 0.15) is 0 Å². The minimum atomic E-state index is -4.54.